The van der Waals surface area contributed by atoms with Crippen LogP contribution in [0.5, 0.6) is 23.0 Å². The minimum absolute atomic E-state index is 0.252. The quantitative estimate of drug-likeness (QED) is 0.360. The highest BCUT2D eigenvalue weighted by Gasteiger charge is 2.13. The Hall–Kier alpha value is -3.13. The number of aliphatic imine (C=N–C) groups is 1. The highest BCUT2D eigenvalue weighted by atomic mass is 16.7. The average molecular weight is 401 g/mol. The van der Waals surface area contributed by atoms with E-state index in [2.05, 4.69) is 15.6 Å². The molecule has 0 amide bonds. The van der Waals surface area contributed by atoms with Crippen molar-refractivity contribution in [3.63, 3.8) is 0 Å². The van der Waals surface area contributed by atoms with Crippen LogP contribution >= 0.6 is 0 Å². The van der Waals surface area contributed by atoms with Gasteiger partial charge < -0.3 is 34.3 Å². The zero-order valence-electron chi connectivity index (χ0n) is 16.8. The van der Waals surface area contributed by atoms with Crippen molar-refractivity contribution in [3.8, 4) is 23.0 Å². The third-order valence-corrected chi connectivity index (χ3v) is 4.09. The van der Waals surface area contributed by atoms with Crippen LogP contribution in [0.4, 0.5) is 5.69 Å². The van der Waals surface area contributed by atoms with Crippen molar-refractivity contribution >= 4 is 11.6 Å². The van der Waals surface area contributed by atoms with E-state index in [0.29, 0.717) is 38.1 Å². The molecule has 1 aliphatic rings. The molecule has 0 fully saturated rings. The molecule has 0 saturated heterocycles. The summed E-state index contributed by atoms with van der Waals surface area (Å²) >= 11 is 0. The van der Waals surface area contributed by atoms with Crippen LogP contribution in [0.2, 0.25) is 0 Å². The second kappa shape index (κ2) is 11.0. The molecular formula is C21H27N3O5. The van der Waals surface area contributed by atoms with Gasteiger partial charge in [0.05, 0.1) is 13.2 Å². The van der Waals surface area contributed by atoms with Crippen molar-refractivity contribution in [1.29, 1.82) is 0 Å². The van der Waals surface area contributed by atoms with Crippen LogP contribution in [0, 0.1) is 0 Å². The number of nitrogens with one attached hydrogen (secondary N) is 2. The number of hydrogen-bond donors (Lipinski definition) is 2. The summed E-state index contributed by atoms with van der Waals surface area (Å²) in [6.45, 7) is 2.61. The SMILES string of the molecule is CN=C(NCCOc1ccc2c(c1)OCO2)Nc1cccc(OCCCOC)c1. The molecule has 0 unspecified atom stereocenters. The third kappa shape index (κ3) is 6.46. The lowest BCUT2D eigenvalue weighted by Crippen LogP contribution is -2.33. The van der Waals surface area contributed by atoms with Crippen LogP contribution in [-0.4, -0.2) is 53.3 Å². The lowest BCUT2D eigenvalue weighted by Gasteiger charge is -2.14. The van der Waals surface area contributed by atoms with E-state index in [9.17, 15) is 0 Å². The molecule has 1 aliphatic heterocycles. The number of benzene rings is 2. The molecule has 29 heavy (non-hydrogen) atoms. The Kier molecular flexibility index (Phi) is 7.82. The molecular weight excluding hydrogens is 374 g/mol. The van der Waals surface area contributed by atoms with Crippen molar-refractivity contribution < 1.29 is 23.7 Å². The van der Waals surface area contributed by atoms with Gasteiger partial charge in [-0.2, -0.15) is 0 Å². The maximum atomic E-state index is 5.75. The normalized spacial score (nSPS) is 12.6. The summed E-state index contributed by atoms with van der Waals surface area (Å²) in [5.74, 6) is 3.63. The summed E-state index contributed by atoms with van der Waals surface area (Å²) in [6, 6.07) is 13.3. The molecule has 1 heterocycles. The largest absolute Gasteiger partial charge is 0.493 e. The average Bonchev–Trinajstić information content (AvgIpc) is 3.21. The lowest BCUT2D eigenvalue weighted by molar-refractivity contribution is 0.172. The standard InChI is InChI=1S/C21H27N3O5/c1-22-21(24-16-5-3-6-17(13-16)26-11-4-10-25-2)23-9-12-27-18-7-8-19-20(14-18)29-15-28-19/h3,5-8,13-14H,4,9-12,15H2,1-2H3,(H2,22,23,24). The molecule has 8 nitrogen and oxygen atoms in total. The molecule has 0 aliphatic carbocycles. The maximum absolute atomic E-state index is 5.75. The van der Waals surface area contributed by atoms with E-state index in [1.807, 2.05) is 42.5 Å². The number of hydrogen-bond acceptors (Lipinski definition) is 6. The molecule has 0 radical (unpaired) electrons. The Labute approximate surface area is 170 Å². The van der Waals surface area contributed by atoms with Gasteiger partial charge in [0.25, 0.3) is 0 Å². The molecule has 0 saturated carbocycles. The van der Waals surface area contributed by atoms with Crippen LogP contribution in [0.1, 0.15) is 6.42 Å². The van der Waals surface area contributed by atoms with E-state index < -0.39 is 0 Å². The number of methoxy groups -OCH3 is 1. The maximum Gasteiger partial charge on any atom is 0.231 e. The minimum Gasteiger partial charge on any atom is -0.493 e. The van der Waals surface area contributed by atoms with Gasteiger partial charge in [0, 0.05) is 45.0 Å². The van der Waals surface area contributed by atoms with Crippen LogP contribution < -0.4 is 29.6 Å². The number of anilines is 1. The predicted molar refractivity (Wildman–Crippen MR) is 111 cm³/mol. The highest BCUT2D eigenvalue weighted by molar-refractivity contribution is 5.93. The van der Waals surface area contributed by atoms with Crippen LogP contribution in [0.25, 0.3) is 0 Å². The number of nitrogens with zero attached hydrogens (tertiary/aromatic N) is 1. The lowest BCUT2D eigenvalue weighted by atomic mass is 10.3. The first-order valence-corrected chi connectivity index (χ1v) is 9.50. The predicted octanol–water partition coefficient (Wildman–Crippen LogP) is 2.90. The summed E-state index contributed by atoms with van der Waals surface area (Å²) in [7, 11) is 3.41. The second-order valence-corrected chi connectivity index (χ2v) is 6.21. The molecule has 8 heteroatoms. The molecule has 2 aromatic carbocycles. The fourth-order valence-electron chi connectivity index (χ4n) is 2.68. The van der Waals surface area contributed by atoms with Gasteiger partial charge in [-0.3, -0.25) is 4.99 Å². The van der Waals surface area contributed by atoms with E-state index in [4.69, 9.17) is 23.7 Å². The number of ether oxygens (including phenoxy) is 5. The molecule has 0 atom stereocenters. The third-order valence-electron chi connectivity index (χ3n) is 4.09. The first-order valence-electron chi connectivity index (χ1n) is 9.50. The van der Waals surface area contributed by atoms with E-state index in [1.165, 1.54) is 0 Å². The number of fused-ring (bicyclic) bond motifs is 1. The molecule has 0 spiro atoms. The molecule has 156 valence electrons. The van der Waals surface area contributed by atoms with Gasteiger partial charge in [0.15, 0.2) is 17.5 Å². The van der Waals surface area contributed by atoms with Crippen molar-refractivity contribution in [2.75, 3.05) is 52.6 Å². The molecule has 3 rings (SSSR count). The smallest absolute Gasteiger partial charge is 0.231 e. The van der Waals surface area contributed by atoms with E-state index in [-0.39, 0.29) is 6.79 Å². The summed E-state index contributed by atoms with van der Waals surface area (Å²) in [5.41, 5.74) is 0.888. The Balaban J connectivity index is 1.41. The van der Waals surface area contributed by atoms with Crippen molar-refractivity contribution in [1.82, 2.24) is 5.32 Å². The minimum atomic E-state index is 0.252. The highest BCUT2D eigenvalue weighted by Crippen LogP contribution is 2.34. The first-order chi connectivity index (χ1) is 14.3. The monoisotopic (exact) mass is 401 g/mol. The topological polar surface area (TPSA) is 82.6 Å². The summed E-state index contributed by atoms with van der Waals surface area (Å²) < 4.78 is 27.1. The summed E-state index contributed by atoms with van der Waals surface area (Å²) in [5, 5.41) is 6.47. The molecule has 2 N–H and O–H groups in total. The Bertz CT molecular complexity index is 813. The second-order valence-electron chi connectivity index (χ2n) is 6.21. The Morgan fingerprint density at radius 3 is 2.69 bits per heavy atom. The van der Waals surface area contributed by atoms with Crippen LogP contribution in [0.3, 0.4) is 0 Å². The fourth-order valence-corrected chi connectivity index (χ4v) is 2.68. The van der Waals surface area contributed by atoms with Gasteiger partial charge in [0.1, 0.15) is 18.1 Å². The zero-order valence-corrected chi connectivity index (χ0v) is 16.8. The summed E-state index contributed by atoms with van der Waals surface area (Å²) in [4.78, 5) is 4.24. The first kappa shape index (κ1) is 20.6. The fraction of sp³-hybridized carbons (Fsp3) is 0.381. The van der Waals surface area contributed by atoms with Gasteiger partial charge >= 0.3 is 0 Å². The van der Waals surface area contributed by atoms with Crippen molar-refractivity contribution in [3.05, 3.63) is 42.5 Å². The van der Waals surface area contributed by atoms with E-state index in [0.717, 1.165) is 29.4 Å². The van der Waals surface area contributed by atoms with Gasteiger partial charge in [-0.25, -0.2) is 0 Å². The van der Waals surface area contributed by atoms with Crippen molar-refractivity contribution in [2.24, 2.45) is 4.99 Å². The van der Waals surface area contributed by atoms with Gasteiger partial charge in [-0.1, -0.05) is 6.07 Å². The van der Waals surface area contributed by atoms with E-state index >= 15 is 0 Å². The Morgan fingerprint density at radius 1 is 1.00 bits per heavy atom. The molecule has 0 bridgehead atoms. The summed E-state index contributed by atoms with van der Waals surface area (Å²) in [6.07, 6.45) is 0.848. The van der Waals surface area contributed by atoms with Crippen molar-refractivity contribution in [2.45, 2.75) is 6.42 Å². The van der Waals surface area contributed by atoms with E-state index in [1.54, 1.807) is 14.2 Å². The molecule has 0 aromatic heterocycles. The van der Waals surface area contributed by atoms with Crippen LogP contribution in [-0.2, 0) is 4.74 Å². The van der Waals surface area contributed by atoms with Gasteiger partial charge in [-0.15, -0.1) is 0 Å². The van der Waals surface area contributed by atoms with Gasteiger partial charge in [0.2, 0.25) is 6.79 Å². The number of rotatable bonds is 10. The van der Waals surface area contributed by atoms with Gasteiger partial charge in [-0.05, 0) is 24.3 Å². The molecule has 2 aromatic rings. The number of guanidine groups is 1. The zero-order chi connectivity index (χ0) is 20.3. The Morgan fingerprint density at radius 2 is 1.83 bits per heavy atom. The van der Waals surface area contributed by atoms with Crippen LogP contribution in [0.15, 0.2) is 47.5 Å².